The van der Waals surface area contributed by atoms with Crippen molar-refractivity contribution in [3.05, 3.63) is 72.1 Å². The lowest BCUT2D eigenvalue weighted by molar-refractivity contribution is 0.0627. The van der Waals surface area contributed by atoms with Gasteiger partial charge in [0.15, 0.2) is 0 Å². The second-order valence-corrected chi connectivity index (χ2v) is 6.81. The summed E-state index contributed by atoms with van der Waals surface area (Å²) in [5.74, 6) is 1.51. The number of methoxy groups -OCH3 is 1. The fourth-order valence-electron chi connectivity index (χ4n) is 3.35. The molecule has 2 heterocycles. The number of ether oxygens (including phenoxy) is 1. The molecule has 2 aromatic carbocycles. The molecule has 1 saturated heterocycles. The zero-order valence-electron chi connectivity index (χ0n) is 15.9. The number of carbonyl (C=O) groups is 1. The second kappa shape index (κ2) is 8.27. The van der Waals surface area contributed by atoms with Crippen molar-refractivity contribution in [3.8, 4) is 17.2 Å². The molecule has 1 aromatic heterocycles. The van der Waals surface area contributed by atoms with E-state index >= 15 is 0 Å². The van der Waals surface area contributed by atoms with E-state index in [1.54, 1.807) is 13.4 Å². The lowest BCUT2D eigenvalue weighted by Gasteiger charge is -2.34. The molecule has 1 fully saturated rings. The number of carbonyl (C=O) groups excluding carboxylic acids is 1. The van der Waals surface area contributed by atoms with Crippen LogP contribution >= 0.6 is 0 Å². The van der Waals surface area contributed by atoms with E-state index in [4.69, 9.17) is 9.15 Å². The van der Waals surface area contributed by atoms with E-state index < -0.39 is 0 Å². The number of hydrogen-bond acceptors (Lipinski definition) is 5. The Bertz CT molecular complexity index is 914. The van der Waals surface area contributed by atoms with Crippen LogP contribution in [0.5, 0.6) is 5.75 Å². The third-order valence-electron chi connectivity index (χ3n) is 4.95. The molecule has 3 aromatic rings. The van der Waals surface area contributed by atoms with E-state index in [0.29, 0.717) is 12.4 Å². The van der Waals surface area contributed by atoms with Gasteiger partial charge in [-0.1, -0.05) is 18.2 Å². The molecule has 1 aliphatic rings. The molecule has 0 bridgehead atoms. The van der Waals surface area contributed by atoms with Gasteiger partial charge in [0.05, 0.1) is 12.8 Å². The highest BCUT2D eigenvalue weighted by Crippen LogP contribution is 2.22. The molecular weight excluding hydrogens is 354 g/mol. The lowest BCUT2D eigenvalue weighted by atomic mass is 10.2. The van der Waals surface area contributed by atoms with Gasteiger partial charge in [-0.15, -0.1) is 0 Å². The van der Waals surface area contributed by atoms with Crippen LogP contribution in [0, 0.1) is 0 Å². The number of oxazole rings is 1. The van der Waals surface area contributed by atoms with Gasteiger partial charge in [-0.2, -0.15) is 0 Å². The first-order valence-corrected chi connectivity index (χ1v) is 9.38. The molecule has 0 saturated carbocycles. The largest absolute Gasteiger partial charge is 0.497 e. The molecule has 1 amide bonds. The average molecular weight is 377 g/mol. The van der Waals surface area contributed by atoms with E-state index in [1.165, 1.54) is 0 Å². The van der Waals surface area contributed by atoms with Gasteiger partial charge < -0.3 is 14.1 Å². The van der Waals surface area contributed by atoms with Crippen molar-refractivity contribution in [2.75, 3.05) is 33.3 Å². The number of rotatable bonds is 5. The maximum Gasteiger partial charge on any atom is 0.253 e. The highest BCUT2D eigenvalue weighted by molar-refractivity contribution is 5.94. The minimum absolute atomic E-state index is 0.100. The van der Waals surface area contributed by atoms with Gasteiger partial charge in [0.2, 0.25) is 5.89 Å². The number of hydrogen-bond donors (Lipinski definition) is 0. The van der Waals surface area contributed by atoms with Crippen LogP contribution in [-0.2, 0) is 6.54 Å². The predicted molar refractivity (Wildman–Crippen MR) is 106 cm³/mol. The van der Waals surface area contributed by atoms with E-state index in [-0.39, 0.29) is 5.91 Å². The van der Waals surface area contributed by atoms with Crippen LogP contribution in [0.15, 0.2) is 65.3 Å². The number of benzene rings is 2. The van der Waals surface area contributed by atoms with Gasteiger partial charge >= 0.3 is 0 Å². The van der Waals surface area contributed by atoms with Crippen molar-refractivity contribution in [2.24, 2.45) is 0 Å². The summed E-state index contributed by atoms with van der Waals surface area (Å²) in [6.07, 6.45) is 1.71. The SMILES string of the molecule is COc1ccc(-c2nc(CN3CCN(C(=O)c4ccccc4)CC3)co2)cc1. The normalized spacial score (nSPS) is 14.8. The van der Waals surface area contributed by atoms with Crippen LogP contribution in [0.2, 0.25) is 0 Å². The molecule has 0 atom stereocenters. The molecule has 0 unspecified atom stereocenters. The summed E-state index contributed by atoms with van der Waals surface area (Å²) in [6.45, 7) is 3.80. The minimum atomic E-state index is 0.100. The van der Waals surface area contributed by atoms with Gasteiger partial charge in [0.1, 0.15) is 12.0 Å². The molecule has 6 nitrogen and oxygen atoms in total. The van der Waals surface area contributed by atoms with Crippen LogP contribution in [0.25, 0.3) is 11.5 Å². The maximum atomic E-state index is 12.5. The topological polar surface area (TPSA) is 58.8 Å². The van der Waals surface area contributed by atoms with Crippen LogP contribution in [0.3, 0.4) is 0 Å². The Hall–Kier alpha value is -3.12. The van der Waals surface area contributed by atoms with Crippen LogP contribution in [-0.4, -0.2) is 54.0 Å². The molecule has 0 N–H and O–H groups in total. The van der Waals surface area contributed by atoms with E-state index in [9.17, 15) is 4.79 Å². The van der Waals surface area contributed by atoms with Gasteiger partial charge in [0.25, 0.3) is 5.91 Å². The van der Waals surface area contributed by atoms with Crippen molar-refractivity contribution in [3.63, 3.8) is 0 Å². The first-order valence-electron chi connectivity index (χ1n) is 9.38. The van der Waals surface area contributed by atoms with E-state index in [0.717, 1.165) is 48.7 Å². The van der Waals surface area contributed by atoms with E-state index in [1.807, 2.05) is 59.5 Å². The third kappa shape index (κ3) is 4.07. The lowest BCUT2D eigenvalue weighted by Crippen LogP contribution is -2.48. The highest BCUT2D eigenvalue weighted by atomic mass is 16.5. The predicted octanol–water partition coefficient (Wildman–Crippen LogP) is 3.31. The molecule has 0 spiro atoms. The zero-order chi connectivity index (χ0) is 19.3. The van der Waals surface area contributed by atoms with Crippen molar-refractivity contribution in [1.29, 1.82) is 0 Å². The Morgan fingerprint density at radius 1 is 1.04 bits per heavy atom. The molecular formula is C22H23N3O3. The smallest absolute Gasteiger partial charge is 0.253 e. The average Bonchev–Trinajstić information content (AvgIpc) is 3.23. The maximum absolute atomic E-state index is 12.5. The van der Waals surface area contributed by atoms with Gasteiger partial charge in [-0.05, 0) is 36.4 Å². The summed E-state index contributed by atoms with van der Waals surface area (Å²) in [6, 6.07) is 17.1. The van der Waals surface area contributed by atoms with E-state index in [2.05, 4.69) is 9.88 Å². The Kier molecular flexibility index (Phi) is 5.39. The Morgan fingerprint density at radius 2 is 1.75 bits per heavy atom. The summed E-state index contributed by atoms with van der Waals surface area (Å²) < 4.78 is 10.8. The number of nitrogens with zero attached hydrogens (tertiary/aromatic N) is 3. The molecule has 144 valence electrons. The zero-order valence-corrected chi connectivity index (χ0v) is 15.9. The summed E-state index contributed by atoms with van der Waals surface area (Å²) >= 11 is 0. The first-order chi connectivity index (χ1) is 13.7. The molecule has 28 heavy (non-hydrogen) atoms. The third-order valence-corrected chi connectivity index (χ3v) is 4.95. The summed E-state index contributed by atoms with van der Waals surface area (Å²) in [4.78, 5) is 21.4. The second-order valence-electron chi connectivity index (χ2n) is 6.81. The van der Waals surface area contributed by atoms with Gasteiger partial charge in [0, 0.05) is 43.9 Å². The van der Waals surface area contributed by atoms with Gasteiger partial charge in [-0.25, -0.2) is 4.98 Å². The first kappa shape index (κ1) is 18.3. The number of aromatic nitrogens is 1. The quantitative estimate of drug-likeness (QED) is 0.683. The highest BCUT2D eigenvalue weighted by Gasteiger charge is 2.22. The summed E-state index contributed by atoms with van der Waals surface area (Å²) in [7, 11) is 1.64. The molecule has 1 aliphatic heterocycles. The Balaban J connectivity index is 1.32. The van der Waals surface area contributed by atoms with Crippen molar-refractivity contribution in [1.82, 2.24) is 14.8 Å². The van der Waals surface area contributed by atoms with Crippen LogP contribution < -0.4 is 4.74 Å². The monoisotopic (exact) mass is 377 g/mol. The Morgan fingerprint density at radius 3 is 2.43 bits per heavy atom. The molecule has 6 heteroatoms. The van der Waals surface area contributed by atoms with Gasteiger partial charge in [-0.3, -0.25) is 9.69 Å². The van der Waals surface area contributed by atoms with Crippen molar-refractivity contribution >= 4 is 5.91 Å². The standard InChI is InChI=1S/C22H23N3O3/c1-27-20-9-7-17(8-10-20)21-23-19(16-28-21)15-24-11-13-25(14-12-24)22(26)18-5-3-2-4-6-18/h2-10,16H,11-15H2,1H3. The number of amides is 1. The van der Waals surface area contributed by atoms with Crippen molar-refractivity contribution in [2.45, 2.75) is 6.54 Å². The number of piperazine rings is 1. The molecule has 0 aliphatic carbocycles. The summed E-state index contributed by atoms with van der Waals surface area (Å²) in [5.41, 5.74) is 2.57. The van der Waals surface area contributed by atoms with Crippen LogP contribution in [0.4, 0.5) is 0 Å². The van der Waals surface area contributed by atoms with Crippen molar-refractivity contribution < 1.29 is 13.9 Å². The molecule has 4 rings (SSSR count). The fraction of sp³-hybridized carbons (Fsp3) is 0.273. The fourth-order valence-corrected chi connectivity index (χ4v) is 3.35. The van der Waals surface area contributed by atoms with Crippen LogP contribution in [0.1, 0.15) is 16.1 Å². The Labute approximate surface area is 164 Å². The molecule has 0 radical (unpaired) electrons. The summed E-state index contributed by atoms with van der Waals surface area (Å²) in [5, 5.41) is 0. The minimum Gasteiger partial charge on any atom is -0.497 e.